The van der Waals surface area contributed by atoms with Crippen LogP contribution in [0.3, 0.4) is 0 Å². The average Bonchev–Trinajstić information content (AvgIpc) is 1.60. The van der Waals surface area contributed by atoms with Gasteiger partial charge in [-0.2, -0.15) is 0 Å². The summed E-state index contributed by atoms with van der Waals surface area (Å²) in [5.74, 6) is -1.14. The summed E-state index contributed by atoms with van der Waals surface area (Å²) < 4.78 is 0. The van der Waals surface area contributed by atoms with E-state index >= 15 is 0 Å². The van der Waals surface area contributed by atoms with Crippen LogP contribution >= 0.6 is 0 Å². The largest absolute Gasteiger partial charge is 0.376 e. The minimum atomic E-state index is -1.17. The molecule has 3 aromatic rings. The highest BCUT2D eigenvalue weighted by Gasteiger charge is 2.58. The summed E-state index contributed by atoms with van der Waals surface area (Å²) in [6, 6.07) is 25.7. The Balaban J connectivity index is 0.000000276. The van der Waals surface area contributed by atoms with Gasteiger partial charge in [0.1, 0.15) is 43.0 Å². The third kappa shape index (κ3) is 21.1. The molecule has 0 aliphatic carbocycles. The number of unbranched alkanes of at least 4 members (excludes halogenated alkanes) is 1. The number of aliphatic hydroxyl groups is 1. The average molecular weight is 1550 g/mol. The fourth-order valence-electron chi connectivity index (χ4n) is 12.9. The Morgan fingerprint density at radius 3 is 1.10 bits per heavy atom. The smallest absolute Gasteiger partial charge is 0.331 e. The summed E-state index contributed by atoms with van der Waals surface area (Å²) in [5, 5.41) is 17.4. The van der Waals surface area contributed by atoms with Gasteiger partial charge in [-0.3, -0.25) is 77.7 Å². The van der Waals surface area contributed by atoms with E-state index in [0.717, 1.165) is 29.5 Å². The van der Waals surface area contributed by atoms with Crippen molar-refractivity contribution in [2.24, 2.45) is 0 Å². The second-order valence-electron chi connectivity index (χ2n) is 35.9. The van der Waals surface area contributed by atoms with Crippen LogP contribution < -0.4 is 16.0 Å². The Hall–Kier alpha value is -10.1. The van der Waals surface area contributed by atoms with E-state index in [1.807, 2.05) is 223 Å². The van der Waals surface area contributed by atoms with Crippen molar-refractivity contribution in [1.29, 1.82) is 0 Å². The number of imide groups is 7. The lowest BCUT2D eigenvalue weighted by atomic mass is 9.82. The van der Waals surface area contributed by atoms with Crippen LogP contribution in [0.15, 0.2) is 104 Å². The van der Waals surface area contributed by atoms with Crippen molar-refractivity contribution in [1.82, 2.24) is 69.8 Å². The molecule has 0 bridgehead atoms. The second kappa shape index (κ2) is 35.1. The van der Waals surface area contributed by atoms with Gasteiger partial charge in [-0.05, 0) is 203 Å². The molecular weight excluding hydrogens is 1420 g/mol. The Labute approximate surface area is 656 Å². The van der Waals surface area contributed by atoms with E-state index in [9.17, 15) is 67.1 Å². The fourth-order valence-corrected chi connectivity index (χ4v) is 12.9. The Morgan fingerprint density at radius 1 is 0.441 bits per heavy atom. The summed E-state index contributed by atoms with van der Waals surface area (Å²) in [5.41, 5.74) is -3.65. The number of likely N-dealkylation sites (N-methyl/N-ethyl adjacent to an activating group) is 1. The lowest BCUT2D eigenvalue weighted by molar-refractivity contribution is -0.136. The molecule has 7 heterocycles. The summed E-state index contributed by atoms with van der Waals surface area (Å²) in [7, 11) is 1.66. The summed E-state index contributed by atoms with van der Waals surface area (Å²) in [4.78, 5) is 182. The molecule has 7 aliphatic rings. The predicted molar refractivity (Wildman–Crippen MR) is 423 cm³/mol. The summed E-state index contributed by atoms with van der Waals surface area (Å²) in [6.07, 6.45) is 4.56. The van der Waals surface area contributed by atoms with E-state index in [4.69, 9.17) is 5.11 Å². The second-order valence-corrected chi connectivity index (χ2v) is 35.9. The molecule has 0 spiro atoms. The Kier molecular flexibility index (Phi) is 29.5. The van der Waals surface area contributed by atoms with Gasteiger partial charge in [0.05, 0.1) is 0 Å². The molecule has 21 amide bonds. The van der Waals surface area contributed by atoms with Gasteiger partial charge in [0.2, 0.25) is 0 Å². The molecule has 4 N–H and O–H groups in total. The number of benzene rings is 3. The number of urea groups is 7. The van der Waals surface area contributed by atoms with Crippen LogP contribution in [-0.2, 0) is 45.5 Å². The molecule has 29 heteroatoms. The highest BCUT2D eigenvalue weighted by molar-refractivity contribution is 6.11. The van der Waals surface area contributed by atoms with Crippen LogP contribution in [0, 0.1) is 0 Å². The molecule has 29 nitrogen and oxygen atoms in total. The number of hydrogen-bond acceptors (Lipinski definition) is 15. The molecule has 10 rings (SSSR count). The Morgan fingerprint density at radius 2 is 0.811 bits per heavy atom. The van der Waals surface area contributed by atoms with Gasteiger partial charge in [-0.15, -0.1) is 0 Å². The normalized spacial score (nSPS) is 19.9. The molecule has 7 saturated heterocycles. The maximum atomic E-state index is 13.3. The van der Waals surface area contributed by atoms with Gasteiger partial charge in [0.25, 0.3) is 41.4 Å². The molecule has 7 aliphatic heterocycles. The van der Waals surface area contributed by atoms with Crippen molar-refractivity contribution in [3.63, 3.8) is 0 Å². The minimum Gasteiger partial charge on any atom is -0.376 e. The summed E-state index contributed by atoms with van der Waals surface area (Å²) in [6.45, 7) is 53.6. The molecule has 2 atom stereocenters. The van der Waals surface area contributed by atoms with E-state index in [2.05, 4.69) is 29.5 Å². The molecule has 612 valence electrons. The third-order valence-corrected chi connectivity index (χ3v) is 18.9. The first-order valence-electron chi connectivity index (χ1n) is 37.5. The number of carbonyl (C=O) groups is 14. The lowest BCUT2D eigenvalue weighted by Crippen LogP contribution is -2.48. The maximum absolute atomic E-state index is 13.3. The van der Waals surface area contributed by atoms with Gasteiger partial charge in [-0.1, -0.05) is 118 Å². The number of aliphatic hydroxyl groups excluding tert-OH is 1. The van der Waals surface area contributed by atoms with E-state index in [-0.39, 0.29) is 96.7 Å². The third-order valence-electron chi connectivity index (χ3n) is 18.9. The monoisotopic (exact) mass is 1540 g/mol. The van der Waals surface area contributed by atoms with E-state index in [1.54, 1.807) is 60.4 Å². The van der Waals surface area contributed by atoms with Gasteiger partial charge in [-0.25, -0.2) is 33.6 Å². The number of rotatable bonds is 10. The van der Waals surface area contributed by atoms with Crippen molar-refractivity contribution < 1.29 is 72.2 Å². The number of nitrogens with zero attached hydrogens (tertiary/aromatic N) is 11. The van der Waals surface area contributed by atoms with Crippen LogP contribution in [0.2, 0.25) is 0 Å². The van der Waals surface area contributed by atoms with Crippen LogP contribution in [0.4, 0.5) is 33.6 Å². The standard InChI is InChI=1S/C19H20N2O2.C14H18N2O2.C11H20N2O2.C10H18N2O3.C10H18N2O2.C9H14N2O2.C9H16N2O2/c1-18(2,3)21-16(22)19(20-17(21)23,14-10-6-4-7-11-14)15-12-8-5-9-13-15;1-14(2,3)16-12(17)11(15-13(16)18)9-10-7-5-4-6-8-10;1-5-6-7-12-8-9(14)13(10(12)15)11(2,3)4;1-9(2,3)12-7(14)10(4,5)11(6-13)8(12)15;1-9(2,3)12-7(13)10(4,5)11(6)8(12)14;1-5-10-6-7(12)11(8(10)13)9(2,3)4;1-5-6-7(12)11(8(13)10-6)9(2,3)4/h4-13H,1-3H3,(H,20,23);4-8,11H,9H2,1-3H3,(H,15,18);5-8H2,1-4H3;13H,6H2,1-5H3;1-6H3;5H,1,6H2,2-4H3;6H,5H2,1-4H3,(H,10,13). The minimum absolute atomic E-state index is 0.0800. The first-order valence-corrected chi connectivity index (χ1v) is 37.5. The SMILES string of the molecule is C=CN1CC(=O)N(C(C)(C)C)C1=O.CC(C)(C)N1C(=O)N(CO)C(C)(C)C1=O.CC(C)(C)N1C(=O)NC(Cc2ccccc2)C1=O.CC(C)(C)N1C(=O)NC(c2ccccc2)(c2ccccc2)C1=O.CCC1NC(=O)N(C(C)(C)C)C1=O.CCCCN1CC(=O)N(C(C)(C)C)C1=O.CN1C(=O)N(C(C)(C)C)C(=O)C1(C)C. The number of amides is 21. The fraction of sp³-hybridized carbons (Fsp3) is 0.585. The summed E-state index contributed by atoms with van der Waals surface area (Å²) >= 11 is 0. The molecule has 0 aromatic heterocycles. The molecule has 3 aromatic carbocycles. The van der Waals surface area contributed by atoms with Gasteiger partial charge in [0.15, 0.2) is 5.54 Å². The van der Waals surface area contributed by atoms with Crippen molar-refractivity contribution in [3.8, 4) is 0 Å². The molecular formula is C82H124N14O15. The first-order chi connectivity index (χ1) is 50.6. The number of nitrogens with one attached hydrogen (secondary N) is 3. The molecule has 0 radical (unpaired) electrons. The van der Waals surface area contributed by atoms with Crippen LogP contribution in [0.1, 0.15) is 223 Å². The van der Waals surface area contributed by atoms with Crippen LogP contribution in [0.5, 0.6) is 0 Å². The molecule has 2 unspecified atom stereocenters. The zero-order valence-corrected chi connectivity index (χ0v) is 70.8. The highest BCUT2D eigenvalue weighted by Crippen LogP contribution is 2.39. The maximum Gasteiger partial charge on any atom is 0.331 e. The van der Waals surface area contributed by atoms with Crippen molar-refractivity contribution >= 4 is 83.6 Å². The highest BCUT2D eigenvalue weighted by atomic mass is 16.3. The van der Waals surface area contributed by atoms with Crippen LogP contribution in [0.25, 0.3) is 0 Å². The Bertz CT molecular complexity index is 3910. The number of hydrogen-bond donors (Lipinski definition) is 4. The molecule has 0 saturated carbocycles. The van der Waals surface area contributed by atoms with Crippen molar-refractivity contribution in [2.45, 2.75) is 280 Å². The topological polar surface area (TPSA) is 331 Å². The number of carbonyl (C=O) groups excluding carboxylic acids is 14. The zero-order valence-electron chi connectivity index (χ0n) is 70.8. The predicted octanol–water partition coefficient (Wildman–Crippen LogP) is 11.6. The van der Waals surface area contributed by atoms with E-state index in [0.29, 0.717) is 19.4 Å². The van der Waals surface area contributed by atoms with Gasteiger partial charge in [0, 0.05) is 65.0 Å². The first kappa shape index (κ1) is 93.3. The van der Waals surface area contributed by atoms with Gasteiger partial charge < -0.3 is 30.9 Å². The van der Waals surface area contributed by atoms with Crippen molar-refractivity contribution in [2.75, 3.05) is 33.4 Å². The van der Waals surface area contributed by atoms with E-state index in [1.165, 1.54) is 55.2 Å². The van der Waals surface area contributed by atoms with E-state index < -0.39 is 74.2 Å². The van der Waals surface area contributed by atoms with Gasteiger partial charge >= 0.3 is 42.2 Å². The lowest BCUT2D eigenvalue weighted by Gasteiger charge is -2.32. The van der Waals surface area contributed by atoms with Crippen LogP contribution in [-0.4, -0.2) is 238 Å². The quantitative estimate of drug-likeness (QED) is 0.137. The molecule has 7 fully saturated rings. The van der Waals surface area contributed by atoms with Crippen molar-refractivity contribution in [3.05, 3.63) is 120 Å². The zero-order chi connectivity index (χ0) is 85.4. The molecule has 111 heavy (non-hydrogen) atoms.